The van der Waals surface area contributed by atoms with Gasteiger partial charge in [0.1, 0.15) is 5.82 Å². The molecule has 184 valence electrons. The number of imidazole rings is 1. The Balaban J connectivity index is 0.00000289. The van der Waals surface area contributed by atoms with E-state index in [1.807, 2.05) is 20.0 Å². The quantitative estimate of drug-likeness (QED) is 0.375. The Kier molecular flexibility index (Phi) is 7.40. The predicted octanol–water partition coefficient (Wildman–Crippen LogP) is 5.64. The van der Waals surface area contributed by atoms with Gasteiger partial charge in [0, 0.05) is 42.9 Å². The van der Waals surface area contributed by atoms with Crippen LogP contribution in [0, 0.1) is 5.82 Å². The van der Waals surface area contributed by atoms with E-state index < -0.39 is 0 Å². The zero-order valence-corrected chi connectivity index (χ0v) is 20.7. The average Bonchev–Trinajstić information content (AvgIpc) is 3.49. The second-order valence-corrected chi connectivity index (χ2v) is 9.16. The van der Waals surface area contributed by atoms with Gasteiger partial charge in [-0.15, -0.1) is 12.4 Å². The van der Waals surface area contributed by atoms with E-state index in [1.54, 1.807) is 33.5 Å². The van der Waals surface area contributed by atoms with Crippen LogP contribution in [0.4, 0.5) is 10.3 Å². The standard InChI is InChI=1S/C26H29FN6O.ClH/c1-18(2)32-17-24(33(26(32)34)22-9-5-19(27)6-10-22)23-13-14-28-25(30-23)29-20-7-11-21(12-8-20)31-15-3-4-16-31;/h3-6,9-10,13-18,20-21H,7-8,11-12H2,1-2H3,(H,28,29,30);1H. The van der Waals surface area contributed by atoms with Gasteiger partial charge >= 0.3 is 5.69 Å². The van der Waals surface area contributed by atoms with Crippen LogP contribution in [-0.4, -0.2) is 29.7 Å². The SMILES string of the molecule is CC(C)n1cc(-c2ccnc(NC3CCC(n4cccc4)CC3)n2)n(-c2ccc(F)cc2)c1=O.Cl. The van der Waals surface area contributed by atoms with Crippen molar-refractivity contribution in [1.82, 2.24) is 23.7 Å². The Bertz CT molecular complexity index is 1300. The van der Waals surface area contributed by atoms with Gasteiger partial charge in [-0.1, -0.05) is 0 Å². The average molecular weight is 497 g/mol. The largest absolute Gasteiger partial charge is 0.351 e. The molecule has 0 unspecified atom stereocenters. The summed E-state index contributed by atoms with van der Waals surface area (Å²) < 4.78 is 19.1. The highest BCUT2D eigenvalue weighted by Gasteiger charge is 2.23. The Morgan fingerprint density at radius 1 is 1.03 bits per heavy atom. The van der Waals surface area contributed by atoms with Gasteiger partial charge in [0.25, 0.3) is 0 Å². The third-order valence-electron chi connectivity index (χ3n) is 6.55. The number of aromatic nitrogens is 5. The van der Waals surface area contributed by atoms with E-state index in [-0.39, 0.29) is 30.0 Å². The second-order valence-electron chi connectivity index (χ2n) is 9.16. The molecule has 0 atom stereocenters. The molecule has 7 nitrogen and oxygen atoms in total. The number of nitrogens with zero attached hydrogens (tertiary/aromatic N) is 5. The molecule has 0 amide bonds. The molecule has 1 aromatic carbocycles. The van der Waals surface area contributed by atoms with Crippen LogP contribution in [0.1, 0.15) is 51.6 Å². The maximum absolute atomic E-state index is 13.5. The lowest BCUT2D eigenvalue weighted by Crippen LogP contribution is -2.28. The second kappa shape index (κ2) is 10.5. The molecular formula is C26H30ClFN6O. The van der Waals surface area contributed by atoms with Crippen molar-refractivity contribution < 1.29 is 4.39 Å². The van der Waals surface area contributed by atoms with Crippen LogP contribution in [0.15, 0.2) is 72.0 Å². The van der Waals surface area contributed by atoms with Crippen molar-refractivity contribution in [1.29, 1.82) is 0 Å². The normalized spacial score (nSPS) is 17.8. The highest BCUT2D eigenvalue weighted by molar-refractivity contribution is 5.85. The zero-order chi connectivity index (χ0) is 23.7. The van der Waals surface area contributed by atoms with E-state index in [4.69, 9.17) is 4.98 Å². The first kappa shape index (κ1) is 24.7. The van der Waals surface area contributed by atoms with Crippen LogP contribution < -0.4 is 11.0 Å². The van der Waals surface area contributed by atoms with E-state index in [0.717, 1.165) is 25.7 Å². The molecule has 9 heteroatoms. The predicted molar refractivity (Wildman–Crippen MR) is 138 cm³/mol. The fourth-order valence-electron chi connectivity index (χ4n) is 4.72. The highest BCUT2D eigenvalue weighted by Crippen LogP contribution is 2.30. The number of hydrogen-bond donors (Lipinski definition) is 1. The molecule has 0 radical (unpaired) electrons. The van der Waals surface area contributed by atoms with Gasteiger partial charge in [-0.2, -0.15) is 0 Å². The Morgan fingerprint density at radius 3 is 2.37 bits per heavy atom. The molecule has 1 N–H and O–H groups in total. The maximum atomic E-state index is 13.5. The summed E-state index contributed by atoms with van der Waals surface area (Å²) in [6.45, 7) is 3.91. The monoisotopic (exact) mass is 496 g/mol. The molecule has 1 aliphatic rings. The van der Waals surface area contributed by atoms with Crippen molar-refractivity contribution in [3.8, 4) is 17.1 Å². The van der Waals surface area contributed by atoms with Gasteiger partial charge in [-0.3, -0.25) is 9.13 Å². The summed E-state index contributed by atoms with van der Waals surface area (Å²) in [5, 5.41) is 3.49. The van der Waals surface area contributed by atoms with Crippen LogP contribution in [0.5, 0.6) is 0 Å². The van der Waals surface area contributed by atoms with Crippen LogP contribution in [0.25, 0.3) is 17.1 Å². The fraction of sp³-hybridized carbons (Fsp3) is 0.346. The number of hydrogen-bond acceptors (Lipinski definition) is 4. The molecular weight excluding hydrogens is 467 g/mol. The lowest BCUT2D eigenvalue weighted by molar-refractivity contribution is 0.334. The Morgan fingerprint density at radius 2 is 1.71 bits per heavy atom. The van der Waals surface area contributed by atoms with Crippen molar-refractivity contribution in [2.24, 2.45) is 0 Å². The van der Waals surface area contributed by atoms with Crippen LogP contribution in [0.2, 0.25) is 0 Å². The molecule has 0 spiro atoms. The summed E-state index contributed by atoms with van der Waals surface area (Å²) in [5.41, 5.74) is 1.69. The first-order chi connectivity index (χ1) is 16.5. The Hall–Kier alpha value is -3.39. The Labute approximate surface area is 210 Å². The molecule has 0 bridgehead atoms. The van der Waals surface area contributed by atoms with Gasteiger partial charge in [0.15, 0.2) is 0 Å². The van der Waals surface area contributed by atoms with Gasteiger partial charge in [-0.05, 0) is 82.0 Å². The van der Waals surface area contributed by atoms with Crippen molar-refractivity contribution in [3.05, 3.63) is 83.6 Å². The fourth-order valence-corrected chi connectivity index (χ4v) is 4.72. The molecule has 3 heterocycles. The van der Waals surface area contributed by atoms with Gasteiger partial charge < -0.3 is 9.88 Å². The van der Waals surface area contributed by atoms with Crippen molar-refractivity contribution in [2.75, 3.05) is 5.32 Å². The summed E-state index contributed by atoms with van der Waals surface area (Å²) in [7, 11) is 0. The minimum atomic E-state index is -0.346. The minimum absolute atomic E-state index is 0. The molecule has 1 saturated carbocycles. The third-order valence-corrected chi connectivity index (χ3v) is 6.55. The number of benzene rings is 1. The van der Waals surface area contributed by atoms with Crippen LogP contribution in [-0.2, 0) is 0 Å². The third kappa shape index (κ3) is 5.17. The smallest absolute Gasteiger partial charge is 0.333 e. The van der Waals surface area contributed by atoms with Gasteiger partial charge in [0.05, 0.1) is 17.1 Å². The van der Waals surface area contributed by atoms with E-state index in [0.29, 0.717) is 35.1 Å². The molecule has 4 aromatic rings. The highest BCUT2D eigenvalue weighted by atomic mass is 35.5. The molecule has 0 saturated heterocycles. The molecule has 35 heavy (non-hydrogen) atoms. The maximum Gasteiger partial charge on any atom is 0.333 e. The van der Waals surface area contributed by atoms with E-state index in [2.05, 4.69) is 39.4 Å². The minimum Gasteiger partial charge on any atom is -0.351 e. The van der Waals surface area contributed by atoms with Crippen LogP contribution in [0.3, 0.4) is 0 Å². The summed E-state index contributed by atoms with van der Waals surface area (Å²) in [5.74, 6) is 0.207. The number of anilines is 1. The lowest BCUT2D eigenvalue weighted by Gasteiger charge is -2.30. The van der Waals surface area contributed by atoms with E-state index in [9.17, 15) is 9.18 Å². The first-order valence-electron chi connectivity index (χ1n) is 11.8. The summed E-state index contributed by atoms with van der Waals surface area (Å²) in [6.07, 6.45) is 12.1. The molecule has 1 aliphatic carbocycles. The molecule has 0 aliphatic heterocycles. The van der Waals surface area contributed by atoms with Crippen molar-refractivity contribution in [3.63, 3.8) is 0 Å². The van der Waals surface area contributed by atoms with Crippen molar-refractivity contribution >= 4 is 18.4 Å². The molecule has 3 aromatic heterocycles. The molecule has 5 rings (SSSR count). The topological polar surface area (TPSA) is 69.7 Å². The summed E-state index contributed by atoms with van der Waals surface area (Å²) in [6, 6.07) is 12.7. The van der Waals surface area contributed by atoms with Crippen LogP contribution >= 0.6 is 12.4 Å². The number of halogens is 2. The first-order valence-corrected chi connectivity index (χ1v) is 11.8. The van der Waals surface area contributed by atoms with Gasteiger partial charge in [0.2, 0.25) is 5.95 Å². The van der Waals surface area contributed by atoms with Crippen molar-refractivity contribution in [2.45, 2.75) is 57.7 Å². The van der Waals surface area contributed by atoms with E-state index >= 15 is 0 Å². The number of rotatable bonds is 6. The van der Waals surface area contributed by atoms with Gasteiger partial charge in [-0.25, -0.2) is 19.2 Å². The van der Waals surface area contributed by atoms with E-state index in [1.165, 1.54) is 12.1 Å². The zero-order valence-electron chi connectivity index (χ0n) is 19.8. The summed E-state index contributed by atoms with van der Waals surface area (Å²) in [4.78, 5) is 22.4. The molecule has 1 fully saturated rings. The lowest BCUT2D eigenvalue weighted by atomic mass is 9.91. The summed E-state index contributed by atoms with van der Waals surface area (Å²) >= 11 is 0. The number of nitrogens with one attached hydrogen (secondary N) is 1.